The number of ether oxygens (including phenoxy) is 1. The molecule has 0 aliphatic rings. The SMILES string of the molecule is Cc1cc(S(=O)(=O)Nc2ccccc2Br)ccc1OCC(=O)O. The van der Waals surface area contributed by atoms with Gasteiger partial charge < -0.3 is 9.84 Å². The van der Waals surface area contributed by atoms with Gasteiger partial charge in [0.25, 0.3) is 10.0 Å². The van der Waals surface area contributed by atoms with Crippen LogP contribution in [0.1, 0.15) is 5.56 Å². The first-order chi connectivity index (χ1) is 10.8. The Hall–Kier alpha value is -2.06. The van der Waals surface area contributed by atoms with Crippen molar-refractivity contribution in [3.8, 4) is 5.75 Å². The lowest BCUT2D eigenvalue weighted by Crippen LogP contribution is -2.14. The van der Waals surface area contributed by atoms with Crippen LogP contribution in [0.25, 0.3) is 0 Å². The van der Waals surface area contributed by atoms with E-state index >= 15 is 0 Å². The fourth-order valence-electron chi connectivity index (χ4n) is 1.84. The molecule has 122 valence electrons. The Bertz CT molecular complexity index is 836. The van der Waals surface area contributed by atoms with Crippen molar-refractivity contribution < 1.29 is 23.1 Å². The van der Waals surface area contributed by atoms with Gasteiger partial charge in [0.05, 0.1) is 10.6 Å². The molecule has 8 heteroatoms. The maximum atomic E-state index is 12.4. The standard InChI is InChI=1S/C15H14BrNO5S/c1-10-8-11(6-7-14(10)22-9-15(18)19)23(20,21)17-13-5-3-2-4-12(13)16/h2-8,17H,9H2,1H3,(H,18,19). The van der Waals surface area contributed by atoms with E-state index in [2.05, 4.69) is 20.7 Å². The third-order valence-corrected chi connectivity index (χ3v) is 4.98. The highest BCUT2D eigenvalue weighted by Crippen LogP contribution is 2.26. The number of benzene rings is 2. The fourth-order valence-corrected chi connectivity index (χ4v) is 3.52. The Balaban J connectivity index is 2.25. The maximum absolute atomic E-state index is 12.4. The van der Waals surface area contributed by atoms with Gasteiger partial charge in [-0.1, -0.05) is 12.1 Å². The van der Waals surface area contributed by atoms with Crippen LogP contribution in [-0.2, 0) is 14.8 Å². The lowest BCUT2D eigenvalue weighted by molar-refractivity contribution is -0.139. The Morgan fingerprint density at radius 2 is 1.96 bits per heavy atom. The van der Waals surface area contributed by atoms with Gasteiger partial charge in [0.15, 0.2) is 6.61 Å². The van der Waals surface area contributed by atoms with Gasteiger partial charge in [0.2, 0.25) is 0 Å². The summed E-state index contributed by atoms with van der Waals surface area (Å²) in [7, 11) is -3.76. The zero-order valence-electron chi connectivity index (χ0n) is 12.1. The van der Waals surface area contributed by atoms with Gasteiger partial charge in [-0.2, -0.15) is 0 Å². The largest absolute Gasteiger partial charge is 0.482 e. The number of anilines is 1. The number of aliphatic carboxylic acids is 1. The van der Waals surface area contributed by atoms with Crippen molar-refractivity contribution in [2.24, 2.45) is 0 Å². The van der Waals surface area contributed by atoms with E-state index in [1.807, 2.05) is 0 Å². The molecular formula is C15H14BrNO5S. The number of nitrogens with one attached hydrogen (secondary N) is 1. The molecule has 0 amide bonds. The van der Waals surface area contributed by atoms with Crippen molar-refractivity contribution in [1.29, 1.82) is 0 Å². The van der Waals surface area contributed by atoms with Gasteiger partial charge in [-0.25, -0.2) is 13.2 Å². The molecule has 0 aliphatic carbocycles. The summed E-state index contributed by atoms with van der Waals surface area (Å²) in [6.45, 7) is 1.16. The monoisotopic (exact) mass is 399 g/mol. The summed E-state index contributed by atoms with van der Waals surface area (Å²) in [6, 6.07) is 11.1. The number of aryl methyl sites for hydroxylation is 1. The second kappa shape index (κ2) is 7.01. The van der Waals surface area contributed by atoms with Gasteiger partial charge in [0, 0.05) is 4.47 Å². The molecule has 0 heterocycles. The van der Waals surface area contributed by atoms with E-state index in [1.54, 1.807) is 31.2 Å². The Morgan fingerprint density at radius 1 is 1.26 bits per heavy atom. The summed E-state index contributed by atoms with van der Waals surface area (Å²) in [4.78, 5) is 10.6. The van der Waals surface area contributed by atoms with Gasteiger partial charge in [0.1, 0.15) is 5.75 Å². The summed E-state index contributed by atoms with van der Waals surface area (Å²) in [6.07, 6.45) is 0. The average Bonchev–Trinajstić information content (AvgIpc) is 2.48. The minimum absolute atomic E-state index is 0.0634. The summed E-state index contributed by atoms with van der Waals surface area (Å²) in [5.41, 5.74) is 0.956. The highest BCUT2D eigenvalue weighted by atomic mass is 79.9. The molecule has 6 nitrogen and oxygen atoms in total. The van der Waals surface area contributed by atoms with Crippen molar-refractivity contribution in [2.45, 2.75) is 11.8 Å². The molecular weight excluding hydrogens is 386 g/mol. The molecule has 0 saturated carbocycles. The molecule has 0 aliphatic heterocycles. The summed E-state index contributed by atoms with van der Waals surface area (Å²) < 4.78 is 33.0. The molecule has 2 aromatic carbocycles. The third-order valence-electron chi connectivity index (χ3n) is 2.93. The van der Waals surface area contributed by atoms with Crippen LogP contribution in [0.4, 0.5) is 5.69 Å². The van der Waals surface area contributed by atoms with Crippen LogP contribution in [0.5, 0.6) is 5.75 Å². The number of halogens is 1. The summed E-state index contributed by atoms with van der Waals surface area (Å²) >= 11 is 3.28. The van der Waals surface area contributed by atoms with Crippen molar-refractivity contribution in [3.63, 3.8) is 0 Å². The molecule has 2 N–H and O–H groups in total. The number of rotatable bonds is 6. The van der Waals surface area contributed by atoms with E-state index in [1.165, 1.54) is 18.2 Å². The summed E-state index contributed by atoms with van der Waals surface area (Å²) in [5, 5.41) is 8.60. The highest BCUT2D eigenvalue weighted by molar-refractivity contribution is 9.10. The number of carboxylic acids is 1. The van der Waals surface area contributed by atoms with Gasteiger partial charge in [-0.15, -0.1) is 0 Å². The molecule has 0 aromatic heterocycles. The van der Waals surface area contributed by atoms with E-state index in [0.29, 0.717) is 21.5 Å². The predicted molar refractivity (Wildman–Crippen MR) is 89.3 cm³/mol. The van der Waals surface area contributed by atoms with Crippen LogP contribution in [-0.4, -0.2) is 26.1 Å². The van der Waals surface area contributed by atoms with Crippen molar-refractivity contribution in [2.75, 3.05) is 11.3 Å². The zero-order valence-corrected chi connectivity index (χ0v) is 14.5. The molecule has 0 fully saturated rings. The lowest BCUT2D eigenvalue weighted by Gasteiger charge is -2.12. The lowest BCUT2D eigenvalue weighted by atomic mass is 10.2. The van der Waals surface area contributed by atoms with E-state index < -0.39 is 22.6 Å². The Kier molecular flexibility index (Phi) is 5.27. The van der Waals surface area contributed by atoms with Crippen LogP contribution in [0.2, 0.25) is 0 Å². The van der Waals surface area contributed by atoms with E-state index in [-0.39, 0.29) is 4.90 Å². The van der Waals surface area contributed by atoms with Crippen molar-refractivity contribution in [3.05, 3.63) is 52.5 Å². The molecule has 23 heavy (non-hydrogen) atoms. The van der Waals surface area contributed by atoms with Crippen LogP contribution in [0.3, 0.4) is 0 Å². The van der Waals surface area contributed by atoms with E-state index in [9.17, 15) is 13.2 Å². The number of carboxylic acid groups (broad SMARTS) is 1. The first-order valence-electron chi connectivity index (χ1n) is 6.52. The Labute approximate surface area is 142 Å². The molecule has 0 saturated heterocycles. The van der Waals surface area contributed by atoms with Gasteiger partial charge >= 0.3 is 5.97 Å². The Morgan fingerprint density at radius 3 is 2.57 bits per heavy atom. The minimum Gasteiger partial charge on any atom is -0.482 e. The highest BCUT2D eigenvalue weighted by Gasteiger charge is 2.17. The molecule has 2 rings (SSSR count). The molecule has 0 bridgehead atoms. The smallest absolute Gasteiger partial charge is 0.341 e. The fraction of sp³-hybridized carbons (Fsp3) is 0.133. The molecule has 0 spiro atoms. The average molecular weight is 400 g/mol. The van der Waals surface area contributed by atoms with Crippen LogP contribution in [0.15, 0.2) is 51.8 Å². The molecule has 0 atom stereocenters. The van der Waals surface area contributed by atoms with Crippen molar-refractivity contribution in [1.82, 2.24) is 0 Å². The second-order valence-corrected chi connectivity index (χ2v) is 7.23. The molecule has 0 radical (unpaired) electrons. The normalized spacial score (nSPS) is 11.0. The number of para-hydroxylation sites is 1. The van der Waals surface area contributed by atoms with Crippen LogP contribution < -0.4 is 9.46 Å². The van der Waals surface area contributed by atoms with Crippen LogP contribution >= 0.6 is 15.9 Å². The minimum atomic E-state index is -3.76. The number of sulfonamides is 1. The van der Waals surface area contributed by atoms with Crippen LogP contribution in [0, 0.1) is 6.92 Å². The number of hydrogen-bond donors (Lipinski definition) is 2. The molecule has 0 unspecified atom stereocenters. The van der Waals surface area contributed by atoms with E-state index in [0.717, 1.165) is 0 Å². The number of carbonyl (C=O) groups is 1. The van der Waals surface area contributed by atoms with Gasteiger partial charge in [-0.3, -0.25) is 4.72 Å². The second-order valence-electron chi connectivity index (χ2n) is 4.70. The predicted octanol–water partition coefficient (Wildman–Crippen LogP) is 3.02. The first kappa shape index (κ1) is 17.3. The molecule has 2 aromatic rings. The maximum Gasteiger partial charge on any atom is 0.341 e. The van der Waals surface area contributed by atoms with Gasteiger partial charge in [-0.05, 0) is 58.7 Å². The van der Waals surface area contributed by atoms with E-state index in [4.69, 9.17) is 9.84 Å². The third kappa shape index (κ3) is 4.46. The quantitative estimate of drug-likeness (QED) is 0.778. The first-order valence-corrected chi connectivity index (χ1v) is 8.80. The summed E-state index contributed by atoms with van der Waals surface area (Å²) in [5.74, 6) is -0.774. The zero-order chi connectivity index (χ0) is 17.0. The number of hydrogen-bond acceptors (Lipinski definition) is 4. The topological polar surface area (TPSA) is 92.7 Å². The van der Waals surface area contributed by atoms with Crippen molar-refractivity contribution >= 4 is 37.6 Å².